The molecule has 1 aliphatic rings. The lowest BCUT2D eigenvalue weighted by Crippen LogP contribution is -2.49. The van der Waals surface area contributed by atoms with Crippen molar-refractivity contribution in [2.75, 3.05) is 31.1 Å². The SMILES string of the molecule is CC(C)c1nc(-c2ccc(N3CCN(C(=O)c4ccc(F)c(F)c4)CC3)nc2)no1. The number of pyridine rings is 1. The zero-order valence-electron chi connectivity index (χ0n) is 16.7. The van der Waals surface area contributed by atoms with E-state index in [0.29, 0.717) is 37.9 Å². The number of carbonyl (C=O) groups excluding carboxylic acids is 1. The van der Waals surface area contributed by atoms with Crippen molar-refractivity contribution in [2.24, 2.45) is 0 Å². The van der Waals surface area contributed by atoms with Gasteiger partial charge < -0.3 is 14.3 Å². The van der Waals surface area contributed by atoms with Crippen molar-refractivity contribution in [3.05, 3.63) is 59.6 Å². The molecule has 3 heterocycles. The summed E-state index contributed by atoms with van der Waals surface area (Å²) in [5, 5.41) is 3.99. The Morgan fingerprint density at radius 1 is 1.07 bits per heavy atom. The Morgan fingerprint density at radius 3 is 2.43 bits per heavy atom. The van der Waals surface area contributed by atoms with Crippen molar-refractivity contribution in [1.29, 1.82) is 0 Å². The zero-order chi connectivity index (χ0) is 21.3. The van der Waals surface area contributed by atoms with Gasteiger partial charge in [0.25, 0.3) is 5.91 Å². The van der Waals surface area contributed by atoms with Crippen LogP contribution in [0.1, 0.15) is 36.0 Å². The Bertz CT molecular complexity index is 1040. The molecule has 0 bridgehead atoms. The lowest BCUT2D eigenvalue weighted by molar-refractivity contribution is 0.0746. The number of hydrogen-bond donors (Lipinski definition) is 0. The summed E-state index contributed by atoms with van der Waals surface area (Å²) in [5.74, 6) is -0.279. The monoisotopic (exact) mass is 413 g/mol. The maximum Gasteiger partial charge on any atom is 0.254 e. The van der Waals surface area contributed by atoms with Gasteiger partial charge in [0.05, 0.1) is 0 Å². The van der Waals surface area contributed by atoms with Crippen LogP contribution < -0.4 is 4.90 Å². The van der Waals surface area contributed by atoms with Gasteiger partial charge in [0.15, 0.2) is 11.6 Å². The normalized spacial score (nSPS) is 14.4. The van der Waals surface area contributed by atoms with Gasteiger partial charge in [-0.1, -0.05) is 19.0 Å². The fraction of sp³-hybridized carbons (Fsp3) is 0.333. The zero-order valence-corrected chi connectivity index (χ0v) is 16.7. The summed E-state index contributed by atoms with van der Waals surface area (Å²) in [6.07, 6.45) is 1.70. The van der Waals surface area contributed by atoms with Crippen LogP contribution in [0.3, 0.4) is 0 Å². The lowest BCUT2D eigenvalue weighted by Gasteiger charge is -2.35. The molecular formula is C21H21F2N5O2. The van der Waals surface area contributed by atoms with E-state index >= 15 is 0 Å². The second-order valence-electron chi connectivity index (χ2n) is 7.42. The predicted octanol–water partition coefficient (Wildman–Crippen LogP) is 3.50. The largest absolute Gasteiger partial charge is 0.353 e. The van der Waals surface area contributed by atoms with Crippen molar-refractivity contribution in [1.82, 2.24) is 20.0 Å². The summed E-state index contributed by atoms with van der Waals surface area (Å²) in [6.45, 7) is 6.06. The summed E-state index contributed by atoms with van der Waals surface area (Å²) < 4.78 is 31.7. The van der Waals surface area contributed by atoms with Crippen molar-refractivity contribution in [3.63, 3.8) is 0 Å². The van der Waals surface area contributed by atoms with Gasteiger partial charge in [-0.15, -0.1) is 0 Å². The van der Waals surface area contributed by atoms with Gasteiger partial charge in [-0.25, -0.2) is 13.8 Å². The van der Waals surface area contributed by atoms with E-state index in [1.807, 2.05) is 26.0 Å². The number of nitrogens with zero attached hydrogens (tertiary/aromatic N) is 5. The Morgan fingerprint density at radius 2 is 1.83 bits per heavy atom. The first kappa shape index (κ1) is 19.9. The second-order valence-corrected chi connectivity index (χ2v) is 7.42. The molecule has 7 nitrogen and oxygen atoms in total. The molecule has 0 saturated carbocycles. The van der Waals surface area contributed by atoms with E-state index in [2.05, 4.69) is 20.0 Å². The second kappa shape index (κ2) is 8.17. The van der Waals surface area contributed by atoms with Gasteiger partial charge in [-0.2, -0.15) is 4.98 Å². The molecule has 9 heteroatoms. The van der Waals surface area contributed by atoms with Gasteiger partial charge >= 0.3 is 0 Å². The number of aromatic nitrogens is 3. The summed E-state index contributed by atoms with van der Waals surface area (Å²) in [5.41, 5.74) is 0.909. The highest BCUT2D eigenvalue weighted by Gasteiger charge is 2.24. The van der Waals surface area contributed by atoms with Crippen molar-refractivity contribution in [2.45, 2.75) is 19.8 Å². The summed E-state index contributed by atoms with van der Waals surface area (Å²) in [4.78, 5) is 25.1. The third kappa shape index (κ3) is 4.00. The fourth-order valence-corrected chi connectivity index (χ4v) is 3.24. The van der Waals surface area contributed by atoms with E-state index < -0.39 is 11.6 Å². The smallest absolute Gasteiger partial charge is 0.254 e. The molecule has 0 spiro atoms. The van der Waals surface area contributed by atoms with E-state index in [9.17, 15) is 13.6 Å². The van der Waals surface area contributed by atoms with Gasteiger partial charge in [0, 0.05) is 49.4 Å². The molecule has 1 saturated heterocycles. The molecule has 1 aliphatic heterocycles. The molecule has 30 heavy (non-hydrogen) atoms. The maximum absolute atomic E-state index is 13.4. The van der Waals surface area contributed by atoms with Gasteiger partial charge in [0.1, 0.15) is 5.82 Å². The Labute approximate surface area is 172 Å². The molecule has 0 unspecified atom stereocenters. The molecule has 0 N–H and O–H groups in total. The Hall–Kier alpha value is -3.36. The molecule has 0 radical (unpaired) electrons. The van der Waals surface area contributed by atoms with Crippen LogP contribution in [-0.2, 0) is 0 Å². The van der Waals surface area contributed by atoms with Crippen molar-refractivity contribution in [3.8, 4) is 11.4 Å². The third-order valence-electron chi connectivity index (χ3n) is 5.00. The molecule has 156 valence electrons. The van der Waals surface area contributed by atoms with E-state index in [1.54, 1.807) is 11.1 Å². The number of rotatable bonds is 4. The van der Waals surface area contributed by atoms with Crippen LogP contribution in [0.25, 0.3) is 11.4 Å². The van der Waals surface area contributed by atoms with Crippen molar-refractivity contribution >= 4 is 11.7 Å². The minimum absolute atomic E-state index is 0.144. The number of benzene rings is 1. The number of piperazine rings is 1. The van der Waals surface area contributed by atoms with Gasteiger partial charge in [-0.3, -0.25) is 4.79 Å². The number of amides is 1. The first-order valence-corrected chi connectivity index (χ1v) is 9.71. The number of carbonyl (C=O) groups is 1. The highest BCUT2D eigenvalue weighted by atomic mass is 19.2. The molecule has 1 fully saturated rings. The predicted molar refractivity (Wildman–Crippen MR) is 106 cm³/mol. The molecular weight excluding hydrogens is 392 g/mol. The van der Waals surface area contributed by atoms with Gasteiger partial charge in [0.2, 0.25) is 11.7 Å². The summed E-state index contributed by atoms with van der Waals surface area (Å²) in [6, 6.07) is 6.98. The van der Waals surface area contributed by atoms with Gasteiger partial charge in [-0.05, 0) is 30.3 Å². The van der Waals surface area contributed by atoms with Crippen LogP contribution in [0.4, 0.5) is 14.6 Å². The van der Waals surface area contributed by atoms with Crippen LogP contribution in [0.15, 0.2) is 41.1 Å². The molecule has 1 aromatic carbocycles. The lowest BCUT2D eigenvalue weighted by atomic mass is 10.1. The highest BCUT2D eigenvalue weighted by molar-refractivity contribution is 5.94. The fourth-order valence-electron chi connectivity index (χ4n) is 3.24. The molecule has 3 aromatic rings. The average molecular weight is 413 g/mol. The van der Waals surface area contributed by atoms with Crippen LogP contribution in [-0.4, -0.2) is 52.1 Å². The van der Waals surface area contributed by atoms with Crippen LogP contribution in [0.2, 0.25) is 0 Å². The van der Waals surface area contributed by atoms with E-state index in [-0.39, 0.29) is 17.4 Å². The molecule has 0 atom stereocenters. The van der Waals surface area contributed by atoms with Crippen molar-refractivity contribution < 1.29 is 18.1 Å². The number of hydrogen-bond acceptors (Lipinski definition) is 6. The number of anilines is 1. The molecule has 1 amide bonds. The highest BCUT2D eigenvalue weighted by Crippen LogP contribution is 2.22. The standard InChI is InChI=1S/C21H21F2N5O2/c1-13(2)20-25-19(26-30-20)15-4-6-18(24-12-15)27-7-9-28(10-8-27)21(29)14-3-5-16(22)17(23)11-14/h3-6,11-13H,7-10H2,1-2H3. The van der Waals surface area contributed by atoms with E-state index in [1.165, 1.54) is 6.07 Å². The number of halogens is 2. The van der Waals surface area contributed by atoms with E-state index in [4.69, 9.17) is 4.52 Å². The quantitative estimate of drug-likeness (QED) is 0.652. The molecule has 4 rings (SSSR count). The topological polar surface area (TPSA) is 75.4 Å². The Balaban J connectivity index is 1.39. The first-order chi connectivity index (χ1) is 14.4. The molecule has 0 aliphatic carbocycles. The molecule has 2 aromatic heterocycles. The minimum Gasteiger partial charge on any atom is -0.353 e. The first-order valence-electron chi connectivity index (χ1n) is 9.71. The average Bonchev–Trinajstić information content (AvgIpc) is 3.26. The summed E-state index contributed by atoms with van der Waals surface area (Å²) in [7, 11) is 0. The summed E-state index contributed by atoms with van der Waals surface area (Å²) >= 11 is 0. The Kier molecular flexibility index (Phi) is 5.43. The third-order valence-corrected chi connectivity index (χ3v) is 5.00. The van der Waals surface area contributed by atoms with Crippen LogP contribution in [0, 0.1) is 11.6 Å². The minimum atomic E-state index is -1.02. The van der Waals surface area contributed by atoms with Crippen LogP contribution >= 0.6 is 0 Å². The van der Waals surface area contributed by atoms with E-state index in [0.717, 1.165) is 23.5 Å². The van der Waals surface area contributed by atoms with Crippen LogP contribution in [0.5, 0.6) is 0 Å². The maximum atomic E-state index is 13.4.